The fourth-order valence-corrected chi connectivity index (χ4v) is 2.81. The molecule has 1 aromatic heterocycles. The second-order valence-electron chi connectivity index (χ2n) is 5.27. The molecule has 3 aromatic rings. The van der Waals surface area contributed by atoms with Crippen LogP contribution in [0.5, 0.6) is 0 Å². The van der Waals surface area contributed by atoms with Crippen molar-refractivity contribution < 1.29 is 5.11 Å². The van der Waals surface area contributed by atoms with Crippen LogP contribution >= 0.6 is 0 Å². The molecule has 1 heterocycles. The Labute approximate surface area is 119 Å². The summed E-state index contributed by atoms with van der Waals surface area (Å²) in [6.45, 7) is 2.29. The third-order valence-electron chi connectivity index (χ3n) is 3.89. The Bertz CT molecular complexity index is 697. The molecule has 1 atom stereocenters. The average molecular weight is 265 g/mol. The number of rotatable bonds is 4. The van der Waals surface area contributed by atoms with Gasteiger partial charge in [-0.25, -0.2) is 0 Å². The van der Waals surface area contributed by atoms with Crippen LogP contribution in [0.3, 0.4) is 0 Å². The first-order chi connectivity index (χ1) is 9.79. The van der Waals surface area contributed by atoms with Gasteiger partial charge in [0.25, 0.3) is 0 Å². The van der Waals surface area contributed by atoms with Crippen molar-refractivity contribution in [2.24, 2.45) is 0 Å². The van der Waals surface area contributed by atoms with Gasteiger partial charge in [0.05, 0.1) is 0 Å². The SMILES string of the molecule is Cc1ccc([C@H](CCO)c2c[nH]c3ccccc23)cc1. The van der Waals surface area contributed by atoms with E-state index in [1.165, 1.54) is 22.1 Å². The quantitative estimate of drug-likeness (QED) is 0.735. The fraction of sp³-hybridized carbons (Fsp3) is 0.222. The van der Waals surface area contributed by atoms with Crippen molar-refractivity contribution in [3.8, 4) is 0 Å². The summed E-state index contributed by atoms with van der Waals surface area (Å²) in [7, 11) is 0. The summed E-state index contributed by atoms with van der Waals surface area (Å²) < 4.78 is 0. The normalized spacial score (nSPS) is 12.7. The first-order valence-corrected chi connectivity index (χ1v) is 7.03. The number of H-pyrrole nitrogens is 1. The van der Waals surface area contributed by atoms with Gasteiger partial charge >= 0.3 is 0 Å². The van der Waals surface area contributed by atoms with Crippen molar-refractivity contribution in [1.82, 2.24) is 4.98 Å². The number of aryl methyl sites for hydroxylation is 1. The van der Waals surface area contributed by atoms with E-state index < -0.39 is 0 Å². The van der Waals surface area contributed by atoms with Crippen molar-refractivity contribution in [3.05, 3.63) is 71.4 Å². The maximum Gasteiger partial charge on any atom is 0.0457 e. The number of benzene rings is 2. The van der Waals surface area contributed by atoms with Gasteiger partial charge in [0, 0.05) is 29.6 Å². The molecule has 0 unspecified atom stereocenters. The monoisotopic (exact) mass is 265 g/mol. The number of para-hydroxylation sites is 1. The number of hydrogen-bond donors (Lipinski definition) is 2. The van der Waals surface area contributed by atoms with Gasteiger partial charge in [-0.15, -0.1) is 0 Å². The summed E-state index contributed by atoms with van der Waals surface area (Å²) in [4.78, 5) is 3.33. The van der Waals surface area contributed by atoms with Gasteiger partial charge in [-0.2, -0.15) is 0 Å². The van der Waals surface area contributed by atoms with Gasteiger partial charge in [-0.3, -0.25) is 0 Å². The molecule has 0 fully saturated rings. The smallest absolute Gasteiger partial charge is 0.0457 e. The summed E-state index contributed by atoms with van der Waals surface area (Å²) in [6.07, 6.45) is 2.82. The van der Waals surface area contributed by atoms with Crippen molar-refractivity contribution in [2.45, 2.75) is 19.3 Å². The van der Waals surface area contributed by atoms with Crippen LogP contribution in [0.15, 0.2) is 54.7 Å². The molecule has 0 spiro atoms. The van der Waals surface area contributed by atoms with Crippen LogP contribution in [0.1, 0.15) is 29.0 Å². The molecule has 2 aromatic carbocycles. The first-order valence-electron chi connectivity index (χ1n) is 7.03. The van der Waals surface area contributed by atoms with Gasteiger partial charge in [0.1, 0.15) is 0 Å². The highest BCUT2D eigenvalue weighted by Crippen LogP contribution is 2.33. The minimum Gasteiger partial charge on any atom is -0.396 e. The number of aromatic nitrogens is 1. The number of fused-ring (bicyclic) bond motifs is 1. The van der Waals surface area contributed by atoms with Crippen LogP contribution in [0.4, 0.5) is 0 Å². The van der Waals surface area contributed by atoms with Gasteiger partial charge in [0.15, 0.2) is 0 Å². The molecule has 0 amide bonds. The molecule has 2 nitrogen and oxygen atoms in total. The predicted octanol–water partition coefficient (Wildman–Crippen LogP) is 3.99. The van der Waals surface area contributed by atoms with Crippen LogP contribution in [-0.4, -0.2) is 16.7 Å². The molecule has 0 bridgehead atoms. The highest BCUT2D eigenvalue weighted by molar-refractivity contribution is 5.84. The average Bonchev–Trinajstić information content (AvgIpc) is 2.90. The number of nitrogens with one attached hydrogen (secondary N) is 1. The molecular weight excluding hydrogens is 246 g/mol. The van der Waals surface area contributed by atoms with Crippen molar-refractivity contribution in [2.75, 3.05) is 6.61 Å². The molecule has 0 aliphatic rings. The lowest BCUT2D eigenvalue weighted by Gasteiger charge is -2.16. The Balaban J connectivity index is 2.08. The minimum absolute atomic E-state index is 0.193. The van der Waals surface area contributed by atoms with E-state index in [-0.39, 0.29) is 12.5 Å². The molecule has 0 aliphatic carbocycles. The summed E-state index contributed by atoms with van der Waals surface area (Å²) in [5.41, 5.74) is 4.93. The predicted molar refractivity (Wildman–Crippen MR) is 83.0 cm³/mol. The Morgan fingerprint density at radius 2 is 1.80 bits per heavy atom. The number of aromatic amines is 1. The largest absolute Gasteiger partial charge is 0.396 e. The fourth-order valence-electron chi connectivity index (χ4n) is 2.81. The highest BCUT2D eigenvalue weighted by Gasteiger charge is 2.17. The van der Waals surface area contributed by atoms with E-state index in [1.54, 1.807) is 0 Å². The number of hydrogen-bond acceptors (Lipinski definition) is 1. The summed E-state index contributed by atoms with van der Waals surface area (Å²) in [5.74, 6) is 0.233. The third kappa shape index (κ3) is 2.35. The lowest BCUT2D eigenvalue weighted by atomic mass is 9.88. The zero-order chi connectivity index (χ0) is 13.9. The Morgan fingerprint density at radius 1 is 1.05 bits per heavy atom. The molecule has 3 rings (SSSR count). The van der Waals surface area contributed by atoms with E-state index in [0.29, 0.717) is 0 Å². The topological polar surface area (TPSA) is 36.0 Å². The zero-order valence-corrected chi connectivity index (χ0v) is 11.6. The molecule has 0 aliphatic heterocycles. The lowest BCUT2D eigenvalue weighted by molar-refractivity contribution is 0.282. The molecule has 2 N–H and O–H groups in total. The maximum absolute atomic E-state index is 9.41. The van der Waals surface area contributed by atoms with Crippen molar-refractivity contribution in [1.29, 1.82) is 0 Å². The van der Waals surface area contributed by atoms with Crippen LogP contribution < -0.4 is 0 Å². The Kier molecular flexibility index (Phi) is 3.57. The van der Waals surface area contributed by atoms with E-state index in [0.717, 1.165) is 11.9 Å². The van der Waals surface area contributed by atoms with E-state index in [9.17, 15) is 5.11 Å². The van der Waals surface area contributed by atoms with Crippen molar-refractivity contribution in [3.63, 3.8) is 0 Å². The lowest BCUT2D eigenvalue weighted by Crippen LogP contribution is -2.03. The molecule has 0 saturated heterocycles. The minimum atomic E-state index is 0.193. The molecule has 0 radical (unpaired) electrons. The van der Waals surface area contributed by atoms with Crippen LogP contribution in [0, 0.1) is 6.92 Å². The molecule has 102 valence electrons. The first kappa shape index (κ1) is 12.9. The number of aliphatic hydroxyl groups is 1. The van der Waals surface area contributed by atoms with E-state index >= 15 is 0 Å². The maximum atomic E-state index is 9.41. The zero-order valence-electron chi connectivity index (χ0n) is 11.6. The third-order valence-corrected chi connectivity index (χ3v) is 3.89. The van der Waals surface area contributed by atoms with E-state index in [4.69, 9.17) is 0 Å². The van der Waals surface area contributed by atoms with Gasteiger partial charge < -0.3 is 10.1 Å². The van der Waals surface area contributed by atoms with Gasteiger partial charge in [0.2, 0.25) is 0 Å². The van der Waals surface area contributed by atoms with Gasteiger partial charge in [-0.05, 0) is 30.5 Å². The van der Waals surface area contributed by atoms with Crippen molar-refractivity contribution >= 4 is 10.9 Å². The van der Waals surface area contributed by atoms with Gasteiger partial charge in [-0.1, -0.05) is 48.0 Å². The second kappa shape index (κ2) is 5.51. The van der Waals surface area contributed by atoms with E-state index in [2.05, 4.69) is 60.6 Å². The molecule has 0 saturated carbocycles. The van der Waals surface area contributed by atoms with E-state index in [1.807, 2.05) is 6.07 Å². The summed E-state index contributed by atoms with van der Waals surface area (Å²) in [6, 6.07) is 16.9. The standard InChI is InChI=1S/C18H19NO/c1-13-6-8-14(9-7-13)15(10-11-20)17-12-19-18-5-3-2-4-16(17)18/h2-9,12,15,19-20H,10-11H2,1H3/t15-/m0/s1. The van der Waals surface area contributed by atoms with Crippen LogP contribution in [0.25, 0.3) is 10.9 Å². The highest BCUT2D eigenvalue weighted by atomic mass is 16.3. The molecular formula is C18H19NO. The Hall–Kier alpha value is -2.06. The number of aliphatic hydroxyl groups excluding tert-OH is 1. The van der Waals surface area contributed by atoms with Crippen LogP contribution in [0.2, 0.25) is 0 Å². The molecule has 20 heavy (non-hydrogen) atoms. The van der Waals surface area contributed by atoms with Crippen LogP contribution in [-0.2, 0) is 0 Å². The summed E-state index contributed by atoms with van der Waals surface area (Å²) in [5, 5.41) is 10.7. The summed E-state index contributed by atoms with van der Waals surface area (Å²) >= 11 is 0. The molecule has 2 heteroatoms. The second-order valence-corrected chi connectivity index (χ2v) is 5.27. The Morgan fingerprint density at radius 3 is 2.55 bits per heavy atom.